The van der Waals surface area contributed by atoms with Crippen LogP contribution in [-0.2, 0) is 6.42 Å². The first-order valence-corrected chi connectivity index (χ1v) is 4.21. The molecule has 3 nitrogen and oxygen atoms in total. The van der Waals surface area contributed by atoms with E-state index in [4.69, 9.17) is 5.84 Å². The van der Waals surface area contributed by atoms with E-state index in [1.165, 1.54) is 12.1 Å². The number of hydrazine groups is 1. The van der Waals surface area contributed by atoms with Crippen LogP contribution in [0.2, 0.25) is 0 Å². The molecule has 0 aliphatic carbocycles. The largest absolute Gasteiger partial charge is 0.303 e. The SMILES string of the molecule is NNCNCCc1cccc(F)c1. The van der Waals surface area contributed by atoms with E-state index in [1.807, 2.05) is 6.07 Å². The molecule has 4 N–H and O–H groups in total. The van der Waals surface area contributed by atoms with E-state index in [0.29, 0.717) is 6.67 Å². The summed E-state index contributed by atoms with van der Waals surface area (Å²) in [5.41, 5.74) is 3.47. The summed E-state index contributed by atoms with van der Waals surface area (Å²) >= 11 is 0. The standard InChI is InChI=1S/C9H14FN3/c10-9-3-1-2-8(6-9)4-5-12-7-13-11/h1-3,6,12-13H,4-5,7,11H2. The molecule has 1 rings (SSSR count). The molecule has 0 saturated heterocycles. The first kappa shape index (κ1) is 10.1. The number of nitrogens with one attached hydrogen (secondary N) is 2. The molecule has 0 heterocycles. The fourth-order valence-electron chi connectivity index (χ4n) is 1.09. The number of nitrogens with two attached hydrogens (primary N) is 1. The zero-order chi connectivity index (χ0) is 9.52. The summed E-state index contributed by atoms with van der Waals surface area (Å²) in [7, 11) is 0. The third-order valence-corrected chi connectivity index (χ3v) is 1.71. The highest BCUT2D eigenvalue weighted by atomic mass is 19.1. The van der Waals surface area contributed by atoms with Gasteiger partial charge in [-0.1, -0.05) is 12.1 Å². The summed E-state index contributed by atoms with van der Waals surface area (Å²) in [6.07, 6.45) is 0.805. The molecule has 0 aliphatic rings. The summed E-state index contributed by atoms with van der Waals surface area (Å²) in [6, 6.07) is 6.60. The molecule has 1 aromatic rings. The van der Waals surface area contributed by atoms with Gasteiger partial charge in [0.2, 0.25) is 0 Å². The average Bonchev–Trinajstić information content (AvgIpc) is 2.13. The predicted octanol–water partition coefficient (Wildman–Crippen LogP) is 0.379. The molecule has 0 aromatic heterocycles. The Balaban J connectivity index is 2.28. The zero-order valence-corrected chi connectivity index (χ0v) is 7.39. The lowest BCUT2D eigenvalue weighted by atomic mass is 10.1. The minimum absolute atomic E-state index is 0.186. The first-order chi connectivity index (χ1) is 6.33. The lowest BCUT2D eigenvalue weighted by Crippen LogP contribution is -2.34. The molecular formula is C9H14FN3. The molecule has 0 bridgehead atoms. The van der Waals surface area contributed by atoms with Gasteiger partial charge >= 0.3 is 0 Å². The minimum atomic E-state index is -0.186. The Kier molecular flexibility index (Phi) is 4.39. The molecule has 72 valence electrons. The van der Waals surface area contributed by atoms with Crippen LogP contribution in [0.3, 0.4) is 0 Å². The highest BCUT2D eigenvalue weighted by molar-refractivity contribution is 5.16. The van der Waals surface area contributed by atoms with Crippen molar-refractivity contribution in [3.8, 4) is 0 Å². The van der Waals surface area contributed by atoms with Gasteiger partial charge < -0.3 is 5.32 Å². The van der Waals surface area contributed by atoms with Crippen molar-refractivity contribution in [1.82, 2.24) is 10.7 Å². The van der Waals surface area contributed by atoms with E-state index in [9.17, 15) is 4.39 Å². The van der Waals surface area contributed by atoms with Gasteiger partial charge in [-0.2, -0.15) is 0 Å². The molecule has 0 fully saturated rings. The molecular weight excluding hydrogens is 169 g/mol. The Morgan fingerprint density at radius 1 is 1.38 bits per heavy atom. The number of halogens is 1. The average molecular weight is 183 g/mol. The Morgan fingerprint density at radius 3 is 2.92 bits per heavy atom. The lowest BCUT2D eigenvalue weighted by molar-refractivity contribution is 0.597. The van der Waals surface area contributed by atoms with Crippen molar-refractivity contribution in [3.05, 3.63) is 35.6 Å². The predicted molar refractivity (Wildman–Crippen MR) is 50.3 cm³/mol. The van der Waals surface area contributed by atoms with Gasteiger partial charge in [-0.3, -0.25) is 5.84 Å². The number of rotatable bonds is 5. The topological polar surface area (TPSA) is 50.1 Å². The van der Waals surface area contributed by atoms with Gasteiger partial charge in [-0.05, 0) is 24.1 Å². The van der Waals surface area contributed by atoms with Gasteiger partial charge in [0, 0.05) is 6.54 Å². The Hall–Kier alpha value is -0.970. The quantitative estimate of drug-likeness (QED) is 0.268. The van der Waals surface area contributed by atoms with Crippen molar-refractivity contribution in [2.45, 2.75) is 6.42 Å². The molecule has 0 saturated carbocycles. The second-order valence-electron chi connectivity index (χ2n) is 2.76. The summed E-state index contributed by atoms with van der Waals surface area (Å²) in [4.78, 5) is 0. The van der Waals surface area contributed by atoms with Crippen LogP contribution in [0, 0.1) is 5.82 Å². The van der Waals surface area contributed by atoms with Crippen molar-refractivity contribution >= 4 is 0 Å². The maximum atomic E-state index is 12.7. The summed E-state index contributed by atoms with van der Waals surface area (Å²) in [6.45, 7) is 1.35. The first-order valence-electron chi connectivity index (χ1n) is 4.21. The van der Waals surface area contributed by atoms with E-state index < -0.39 is 0 Å². The summed E-state index contributed by atoms with van der Waals surface area (Å²) in [5, 5.41) is 3.04. The van der Waals surface area contributed by atoms with Gasteiger partial charge in [-0.15, -0.1) is 0 Å². The van der Waals surface area contributed by atoms with E-state index in [2.05, 4.69) is 10.7 Å². The van der Waals surface area contributed by atoms with E-state index in [-0.39, 0.29) is 5.82 Å². The van der Waals surface area contributed by atoms with E-state index in [1.54, 1.807) is 6.07 Å². The fourth-order valence-corrected chi connectivity index (χ4v) is 1.09. The molecule has 0 aliphatic heterocycles. The highest BCUT2D eigenvalue weighted by Gasteiger charge is 1.94. The fraction of sp³-hybridized carbons (Fsp3) is 0.333. The van der Waals surface area contributed by atoms with Crippen molar-refractivity contribution < 1.29 is 4.39 Å². The van der Waals surface area contributed by atoms with Gasteiger partial charge in [0.1, 0.15) is 5.82 Å². The molecule has 1 aromatic carbocycles. The van der Waals surface area contributed by atoms with Crippen LogP contribution in [0.5, 0.6) is 0 Å². The number of benzene rings is 1. The van der Waals surface area contributed by atoms with Crippen LogP contribution in [0.4, 0.5) is 4.39 Å². The third kappa shape index (κ3) is 3.98. The second kappa shape index (κ2) is 5.64. The van der Waals surface area contributed by atoms with Crippen molar-refractivity contribution in [2.75, 3.05) is 13.2 Å². The van der Waals surface area contributed by atoms with Crippen molar-refractivity contribution in [3.63, 3.8) is 0 Å². The van der Waals surface area contributed by atoms with Crippen molar-refractivity contribution in [2.24, 2.45) is 5.84 Å². The Labute approximate surface area is 77.1 Å². The van der Waals surface area contributed by atoms with Crippen LogP contribution in [0.15, 0.2) is 24.3 Å². The molecule has 4 heteroatoms. The minimum Gasteiger partial charge on any atom is -0.303 e. The second-order valence-corrected chi connectivity index (χ2v) is 2.76. The normalized spacial score (nSPS) is 10.3. The Bertz CT molecular complexity index is 252. The van der Waals surface area contributed by atoms with Gasteiger partial charge in [0.15, 0.2) is 0 Å². The maximum Gasteiger partial charge on any atom is 0.123 e. The molecule has 0 atom stereocenters. The van der Waals surface area contributed by atoms with Crippen LogP contribution in [0.25, 0.3) is 0 Å². The summed E-state index contributed by atoms with van der Waals surface area (Å²) < 4.78 is 12.7. The maximum absolute atomic E-state index is 12.7. The van der Waals surface area contributed by atoms with Crippen LogP contribution in [-0.4, -0.2) is 13.2 Å². The Morgan fingerprint density at radius 2 is 2.23 bits per heavy atom. The number of hydrogen-bond acceptors (Lipinski definition) is 3. The third-order valence-electron chi connectivity index (χ3n) is 1.71. The smallest absolute Gasteiger partial charge is 0.123 e. The zero-order valence-electron chi connectivity index (χ0n) is 7.39. The van der Waals surface area contributed by atoms with Crippen LogP contribution in [0.1, 0.15) is 5.56 Å². The molecule has 0 radical (unpaired) electrons. The van der Waals surface area contributed by atoms with Gasteiger partial charge in [0.25, 0.3) is 0 Å². The van der Waals surface area contributed by atoms with E-state index in [0.717, 1.165) is 18.5 Å². The monoisotopic (exact) mass is 183 g/mol. The highest BCUT2D eigenvalue weighted by Crippen LogP contribution is 2.03. The summed E-state index contributed by atoms with van der Waals surface area (Å²) in [5.74, 6) is 4.87. The van der Waals surface area contributed by atoms with Crippen LogP contribution < -0.4 is 16.6 Å². The van der Waals surface area contributed by atoms with Crippen LogP contribution >= 0.6 is 0 Å². The van der Waals surface area contributed by atoms with Crippen molar-refractivity contribution in [1.29, 1.82) is 0 Å². The lowest BCUT2D eigenvalue weighted by Gasteiger charge is -2.03. The van der Waals surface area contributed by atoms with E-state index >= 15 is 0 Å². The molecule has 0 amide bonds. The number of hydrogen-bond donors (Lipinski definition) is 3. The molecule has 0 spiro atoms. The van der Waals surface area contributed by atoms with Gasteiger partial charge in [0.05, 0.1) is 6.67 Å². The molecule has 13 heavy (non-hydrogen) atoms. The van der Waals surface area contributed by atoms with Gasteiger partial charge in [-0.25, -0.2) is 9.82 Å². The molecule has 0 unspecified atom stereocenters.